The maximum absolute atomic E-state index is 11.8. The molecule has 0 unspecified atom stereocenters. The molecule has 1 aromatic carbocycles. The first-order valence-corrected chi connectivity index (χ1v) is 4.65. The van der Waals surface area contributed by atoms with Crippen LogP contribution in [0, 0.1) is 0 Å². The molecule has 0 atom stereocenters. The molecule has 2 aromatic rings. The minimum Gasteiger partial charge on any atom is -0.319 e. The van der Waals surface area contributed by atoms with Gasteiger partial charge in [-0.05, 0) is 6.07 Å². The molecule has 0 aliphatic rings. The third-order valence-electron chi connectivity index (χ3n) is 2.09. The van der Waals surface area contributed by atoms with Gasteiger partial charge in [-0.15, -0.1) is 0 Å². The predicted octanol–water partition coefficient (Wildman–Crippen LogP) is 1.47. The molecule has 0 bridgehead atoms. The summed E-state index contributed by atoms with van der Waals surface area (Å²) in [6, 6.07) is 6.60. The third kappa shape index (κ3) is 1.98. The van der Waals surface area contributed by atoms with E-state index in [2.05, 4.69) is 15.5 Å². The highest BCUT2D eigenvalue weighted by atomic mass is 16.1. The van der Waals surface area contributed by atoms with Crippen LogP contribution in [0.1, 0.15) is 20.7 Å². The lowest BCUT2D eigenvalue weighted by Gasteiger charge is -2.04. The zero-order valence-electron chi connectivity index (χ0n) is 8.31. The summed E-state index contributed by atoms with van der Waals surface area (Å²) in [5.41, 5.74) is 1.27. The topological polar surface area (TPSA) is 74.8 Å². The van der Waals surface area contributed by atoms with Crippen LogP contribution in [0.2, 0.25) is 0 Å². The number of benzene rings is 1. The molecule has 0 spiro atoms. The molecule has 16 heavy (non-hydrogen) atoms. The summed E-state index contributed by atoms with van der Waals surface area (Å²) in [6.07, 6.45) is 3.70. The van der Waals surface area contributed by atoms with Crippen LogP contribution < -0.4 is 5.32 Å². The van der Waals surface area contributed by atoms with E-state index < -0.39 is 0 Å². The van der Waals surface area contributed by atoms with E-state index in [4.69, 9.17) is 0 Å². The van der Waals surface area contributed by atoms with Gasteiger partial charge in [-0.2, -0.15) is 5.10 Å². The number of carbonyl (C=O) groups is 2. The molecule has 1 amide bonds. The molecule has 2 rings (SSSR count). The Hall–Kier alpha value is -2.43. The molecule has 5 heteroatoms. The summed E-state index contributed by atoms with van der Waals surface area (Å²) >= 11 is 0. The van der Waals surface area contributed by atoms with Gasteiger partial charge in [0.1, 0.15) is 0 Å². The van der Waals surface area contributed by atoms with Crippen molar-refractivity contribution in [1.82, 2.24) is 10.2 Å². The number of nitrogens with one attached hydrogen (secondary N) is 2. The van der Waals surface area contributed by atoms with Gasteiger partial charge in [0.25, 0.3) is 5.91 Å². The first-order valence-electron chi connectivity index (χ1n) is 4.65. The van der Waals surface area contributed by atoms with E-state index in [1.165, 1.54) is 6.20 Å². The first-order chi connectivity index (χ1) is 7.81. The van der Waals surface area contributed by atoms with Gasteiger partial charge in [-0.1, -0.05) is 18.2 Å². The highest BCUT2D eigenvalue weighted by molar-refractivity contribution is 6.08. The predicted molar refractivity (Wildman–Crippen MR) is 58.4 cm³/mol. The van der Waals surface area contributed by atoms with E-state index in [0.717, 1.165) is 0 Å². The monoisotopic (exact) mass is 215 g/mol. The second-order valence-corrected chi connectivity index (χ2v) is 3.15. The number of aromatic nitrogens is 2. The molecule has 0 aliphatic heterocycles. The number of anilines is 1. The molecule has 0 saturated carbocycles. The lowest BCUT2D eigenvalue weighted by molar-refractivity contribution is 0.101. The van der Waals surface area contributed by atoms with Crippen LogP contribution in [-0.4, -0.2) is 22.4 Å². The molecular weight excluding hydrogens is 206 g/mol. The number of hydrogen-bond acceptors (Lipinski definition) is 3. The van der Waals surface area contributed by atoms with Crippen LogP contribution in [0.3, 0.4) is 0 Å². The molecule has 1 heterocycles. The Kier molecular flexibility index (Phi) is 2.77. The standard InChI is InChI=1S/C11H9N3O2/c15-7-8-3-1-2-4-10(8)11(16)14-9-5-12-13-6-9/h1-7H,(H,12,13)(H,14,16). The lowest BCUT2D eigenvalue weighted by Crippen LogP contribution is -2.13. The van der Waals surface area contributed by atoms with E-state index >= 15 is 0 Å². The van der Waals surface area contributed by atoms with E-state index in [9.17, 15) is 9.59 Å². The molecule has 80 valence electrons. The van der Waals surface area contributed by atoms with Crippen molar-refractivity contribution in [2.24, 2.45) is 0 Å². The molecule has 0 saturated heterocycles. The fourth-order valence-corrected chi connectivity index (χ4v) is 1.32. The summed E-state index contributed by atoms with van der Waals surface area (Å²) in [4.78, 5) is 22.5. The summed E-state index contributed by atoms with van der Waals surface area (Å²) in [5.74, 6) is -0.330. The molecule has 0 fully saturated rings. The Labute approximate surface area is 91.5 Å². The van der Waals surface area contributed by atoms with E-state index in [1.54, 1.807) is 30.5 Å². The summed E-state index contributed by atoms with van der Waals surface area (Å²) in [5, 5.41) is 8.90. The normalized spacial score (nSPS) is 9.75. The van der Waals surface area contributed by atoms with Crippen molar-refractivity contribution in [1.29, 1.82) is 0 Å². The van der Waals surface area contributed by atoms with Crippen molar-refractivity contribution < 1.29 is 9.59 Å². The Bertz CT molecular complexity index is 506. The molecule has 1 aromatic heterocycles. The van der Waals surface area contributed by atoms with Crippen molar-refractivity contribution in [3.8, 4) is 0 Å². The number of H-pyrrole nitrogens is 1. The summed E-state index contributed by atoms with van der Waals surface area (Å²) in [6.45, 7) is 0. The fourth-order valence-electron chi connectivity index (χ4n) is 1.32. The number of amides is 1. The maximum atomic E-state index is 11.8. The van der Waals surface area contributed by atoms with Crippen molar-refractivity contribution in [3.05, 3.63) is 47.8 Å². The quantitative estimate of drug-likeness (QED) is 0.761. The number of aldehydes is 1. The smallest absolute Gasteiger partial charge is 0.256 e. The van der Waals surface area contributed by atoms with E-state index in [-0.39, 0.29) is 5.91 Å². The van der Waals surface area contributed by atoms with Gasteiger partial charge < -0.3 is 5.32 Å². The molecule has 0 radical (unpaired) electrons. The van der Waals surface area contributed by atoms with Crippen LogP contribution in [0.4, 0.5) is 5.69 Å². The third-order valence-corrected chi connectivity index (χ3v) is 2.09. The fraction of sp³-hybridized carbons (Fsp3) is 0. The van der Waals surface area contributed by atoms with Gasteiger partial charge in [0.2, 0.25) is 0 Å². The number of rotatable bonds is 3. The van der Waals surface area contributed by atoms with Gasteiger partial charge in [0.05, 0.1) is 17.4 Å². The average Bonchev–Trinajstić information content (AvgIpc) is 2.81. The van der Waals surface area contributed by atoms with E-state index in [1.807, 2.05) is 0 Å². The second-order valence-electron chi connectivity index (χ2n) is 3.15. The minimum atomic E-state index is -0.330. The molecule has 0 aliphatic carbocycles. The average molecular weight is 215 g/mol. The summed E-state index contributed by atoms with van der Waals surface area (Å²) < 4.78 is 0. The molecule has 2 N–H and O–H groups in total. The lowest BCUT2D eigenvalue weighted by atomic mass is 10.1. The van der Waals surface area contributed by atoms with Crippen LogP contribution in [0.5, 0.6) is 0 Å². The van der Waals surface area contributed by atoms with Crippen molar-refractivity contribution >= 4 is 17.9 Å². The summed E-state index contributed by atoms with van der Waals surface area (Å²) in [7, 11) is 0. The van der Waals surface area contributed by atoms with Crippen LogP contribution in [-0.2, 0) is 0 Å². The van der Waals surface area contributed by atoms with E-state index in [0.29, 0.717) is 23.1 Å². The van der Waals surface area contributed by atoms with Crippen molar-refractivity contribution in [2.45, 2.75) is 0 Å². The Morgan fingerprint density at radius 1 is 1.38 bits per heavy atom. The van der Waals surface area contributed by atoms with Gasteiger partial charge in [0.15, 0.2) is 6.29 Å². The zero-order valence-corrected chi connectivity index (χ0v) is 8.31. The Morgan fingerprint density at radius 3 is 2.88 bits per heavy atom. The Balaban J connectivity index is 2.24. The molecule has 5 nitrogen and oxygen atoms in total. The van der Waals surface area contributed by atoms with Crippen molar-refractivity contribution in [2.75, 3.05) is 5.32 Å². The van der Waals surface area contributed by atoms with Crippen LogP contribution in [0.15, 0.2) is 36.7 Å². The van der Waals surface area contributed by atoms with Crippen molar-refractivity contribution in [3.63, 3.8) is 0 Å². The van der Waals surface area contributed by atoms with Gasteiger partial charge in [0, 0.05) is 11.8 Å². The second kappa shape index (κ2) is 4.39. The number of carbonyl (C=O) groups excluding carboxylic acids is 2. The van der Waals surface area contributed by atoms with Crippen LogP contribution in [0.25, 0.3) is 0 Å². The van der Waals surface area contributed by atoms with Crippen LogP contribution >= 0.6 is 0 Å². The largest absolute Gasteiger partial charge is 0.319 e. The minimum absolute atomic E-state index is 0.330. The number of hydrogen-bond donors (Lipinski definition) is 2. The number of aromatic amines is 1. The highest BCUT2D eigenvalue weighted by Gasteiger charge is 2.10. The first kappa shape index (κ1) is 10.1. The molecular formula is C11H9N3O2. The zero-order chi connectivity index (χ0) is 11.4. The van der Waals surface area contributed by atoms with Gasteiger partial charge in [-0.25, -0.2) is 0 Å². The van der Waals surface area contributed by atoms with Gasteiger partial charge in [-0.3, -0.25) is 14.7 Å². The van der Waals surface area contributed by atoms with Gasteiger partial charge >= 0.3 is 0 Å². The SMILES string of the molecule is O=Cc1ccccc1C(=O)Nc1cn[nH]c1. The maximum Gasteiger partial charge on any atom is 0.256 e. The Morgan fingerprint density at radius 2 is 2.19 bits per heavy atom. The number of nitrogens with zero attached hydrogens (tertiary/aromatic N) is 1. The highest BCUT2D eigenvalue weighted by Crippen LogP contribution is 2.10.